The van der Waals surface area contributed by atoms with E-state index in [2.05, 4.69) is 28.3 Å². The molecule has 2 aliphatic carbocycles. The Morgan fingerprint density at radius 3 is 2.97 bits per heavy atom. The topological polar surface area (TPSA) is 78.7 Å². The van der Waals surface area contributed by atoms with Gasteiger partial charge in [0.1, 0.15) is 27.3 Å². The largest absolute Gasteiger partial charge is 0.316 e. The molecular formula is C22H22N4OS3. The molecule has 0 aromatic carbocycles. The lowest BCUT2D eigenvalue weighted by Gasteiger charge is -2.17. The predicted molar refractivity (Wildman–Crippen MR) is 124 cm³/mol. The highest BCUT2D eigenvalue weighted by Gasteiger charge is 2.25. The maximum Gasteiger partial charge on any atom is 0.235 e. The number of fused-ring (bicyclic) bond motifs is 4. The van der Waals surface area contributed by atoms with Crippen molar-refractivity contribution in [3.05, 3.63) is 32.8 Å². The first-order valence-electron chi connectivity index (χ1n) is 10.4. The van der Waals surface area contributed by atoms with Gasteiger partial charge in [-0.2, -0.15) is 5.26 Å². The normalized spacial score (nSPS) is 17.9. The molecule has 8 heteroatoms. The van der Waals surface area contributed by atoms with E-state index in [1.165, 1.54) is 39.9 Å². The van der Waals surface area contributed by atoms with E-state index in [0.717, 1.165) is 52.9 Å². The molecule has 3 heterocycles. The standard InChI is InChI=1S/C22H22N4OS3/c1-12-6-7-13-15(9-23)20(30-17(13)8-12)26-18(27)10-28-21-19-14-4-2-3-5-16(14)29-22(19)25-11-24-21/h11-12H,2-8,10H2,1H3,(H,26,27)/t12-/m1/s1. The Bertz CT molecular complexity index is 1170. The third kappa shape index (κ3) is 3.64. The number of thiophene rings is 2. The number of anilines is 1. The van der Waals surface area contributed by atoms with E-state index in [9.17, 15) is 10.1 Å². The van der Waals surface area contributed by atoms with Crippen LogP contribution in [0.4, 0.5) is 5.00 Å². The second-order valence-electron chi connectivity index (χ2n) is 8.07. The number of rotatable bonds is 4. The van der Waals surface area contributed by atoms with Crippen molar-refractivity contribution in [2.45, 2.75) is 56.9 Å². The first-order chi connectivity index (χ1) is 14.6. The van der Waals surface area contributed by atoms with Crippen molar-refractivity contribution in [3.63, 3.8) is 0 Å². The minimum atomic E-state index is -0.0843. The zero-order valence-corrected chi connectivity index (χ0v) is 19.2. The summed E-state index contributed by atoms with van der Waals surface area (Å²) in [5.74, 6) is 0.832. The Balaban J connectivity index is 1.33. The fourth-order valence-electron chi connectivity index (χ4n) is 4.42. The summed E-state index contributed by atoms with van der Waals surface area (Å²) in [6.45, 7) is 2.25. The van der Waals surface area contributed by atoms with Crippen molar-refractivity contribution in [3.8, 4) is 6.07 Å². The molecule has 0 fully saturated rings. The molecule has 0 bridgehead atoms. The Morgan fingerprint density at radius 1 is 1.23 bits per heavy atom. The van der Waals surface area contributed by atoms with E-state index in [1.54, 1.807) is 29.0 Å². The molecule has 2 aliphatic rings. The molecule has 30 heavy (non-hydrogen) atoms. The van der Waals surface area contributed by atoms with E-state index in [1.807, 2.05) is 0 Å². The van der Waals surface area contributed by atoms with Crippen LogP contribution < -0.4 is 5.32 Å². The maximum absolute atomic E-state index is 12.7. The molecule has 0 aliphatic heterocycles. The van der Waals surface area contributed by atoms with E-state index < -0.39 is 0 Å². The van der Waals surface area contributed by atoms with E-state index in [-0.39, 0.29) is 11.7 Å². The zero-order valence-electron chi connectivity index (χ0n) is 16.8. The van der Waals surface area contributed by atoms with Crippen LogP contribution in [0.5, 0.6) is 0 Å². The molecule has 5 nitrogen and oxygen atoms in total. The summed E-state index contributed by atoms with van der Waals surface area (Å²) in [7, 11) is 0. The smallest absolute Gasteiger partial charge is 0.235 e. The number of aromatic nitrogens is 2. The molecule has 0 spiro atoms. The average molecular weight is 455 g/mol. The minimum Gasteiger partial charge on any atom is -0.316 e. The van der Waals surface area contributed by atoms with Crippen molar-refractivity contribution in [2.75, 3.05) is 11.1 Å². The highest BCUT2D eigenvalue weighted by Crippen LogP contribution is 2.41. The van der Waals surface area contributed by atoms with Crippen LogP contribution in [0.3, 0.4) is 0 Å². The molecule has 1 amide bonds. The summed E-state index contributed by atoms with van der Waals surface area (Å²) in [5, 5.41) is 15.4. The van der Waals surface area contributed by atoms with E-state index in [4.69, 9.17) is 0 Å². The van der Waals surface area contributed by atoms with Gasteiger partial charge in [0.15, 0.2) is 0 Å². The zero-order chi connectivity index (χ0) is 20.7. The van der Waals surface area contributed by atoms with Gasteiger partial charge >= 0.3 is 0 Å². The van der Waals surface area contributed by atoms with E-state index in [0.29, 0.717) is 16.5 Å². The Morgan fingerprint density at radius 2 is 2.10 bits per heavy atom. The number of nitrogens with one attached hydrogen (secondary N) is 1. The SMILES string of the molecule is C[C@@H]1CCc2c(sc(NC(=O)CSc3ncnc4sc5c(c34)CCCC5)c2C#N)C1. The Hall–Kier alpha value is -1.95. The number of carbonyl (C=O) groups excluding carboxylic acids is 1. The number of thioether (sulfide) groups is 1. The van der Waals surface area contributed by atoms with Gasteiger partial charge in [0.25, 0.3) is 0 Å². The molecule has 154 valence electrons. The van der Waals surface area contributed by atoms with Gasteiger partial charge in [0.2, 0.25) is 5.91 Å². The number of amides is 1. The van der Waals surface area contributed by atoms with Crippen molar-refractivity contribution in [1.82, 2.24) is 9.97 Å². The lowest BCUT2D eigenvalue weighted by molar-refractivity contribution is -0.113. The molecule has 0 saturated heterocycles. The fraction of sp³-hybridized carbons (Fsp3) is 0.455. The third-order valence-electron chi connectivity index (χ3n) is 5.93. The second-order valence-corrected chi connectivity index (χ2v) is 11.2. The van der Waals surface area contributed by atoms with Crippen molar-refractivity contribution in [2.24, 2.45) is 5.92 Å². The summed E-state index contributed by atoms with van der Waals surface area (Å²) in [6, 6.07) is 2.32. The van der Waals surface area contributed by atoms with Crippen LogP contribution in [0.1, 0.15) is 52.6 Å². The molecule has 1 atom stereocenters. The molecule has 0 radical (unpaired) electrons. The molecule has 0 saturated carbocycles. The van der Waals surface area contributed by atoms with Gasteiger partial charge in [-0.25, -0.2) is 9.97 Å². The highest BCUT2D eigenvalue weighted by molar-refractivity contribution is 8.00. The van der Waals surface area contributed by atoms with Crippen molar-refractivity contribution in [1.29, 1.82) is 5.26 Å². The van der Waals surface area contributed by atoms with Gasteiger partial charge in [0.05, 0.1) is 11.3 Å². The van der Waals surface area contributed by atoms with Gasteiger partial charge in [0, 0.05) is 15.1 Å². The van der Waals surface area contributed by atoms with Gasteiger partial charge in [-0.1, -0.05) is 18.7 Å². The molecule has 3 aromatic heterocycles. The summed E-state index contributed by atoms with van der Waals surface area (Å²) < 4.78 is 0. The number of nitriles is 1. The maximum atomic E-state index is 12.7. The van der Waals surface area contributed by atoms with Crippen LogP contribution in [0.2, 0.25) is 0 Å². The third-order valence-corrected chi connectivity index (χ3v) is 9.29. The van der Waals surface area contributed by atoms with E-state index >= 15 is 0 Å². The number of nitrogens with zero attached hydrogens (tertiary/aromatic N) is 3. The second kappa shape index (κ2) is 8.29. The van der Waals surface area contributed by atoms with Crippen molar-refractivity contribution >= 4 is 55.6 Å². The first kappa shape index (κ1) is 20.0. The van der Waals surface area contributed by atoms with Gasteiger partial charge in [-0.3, -0.25) is 4.79 Å². The lowest BCUT2D eigenvalue weighted by Crippen LogP contribution is -2.14. The average Bonchev–Trinajstić information content (AvgIpc) is 3.29. The first-order valence-corrected chi connectivity index (χ1v) is 13.0. The van der Waals surface area contributed by atoms with Crippen LogP contribution in [-0.2, 0) is 30.5 Å². The number of carbonyl (C=O) groups is 1. The summed E-state index contributed by atoms with van der Waals surface area (Å²) >= 11 is 4.82. The molecule has 3 aromatic rings. The van der Waals surface area contributed by atoms with Crippen LogP contribution >= 0.6 is 34.4 Å². The summed E-state index contributed by atoms with van der Waals surface area (Å²) in [4.78, 5) is 25.4. The minimum absolute atomic E-state index is 0.0843. The highest BCUT2D eigenvalue weighted by atomic mass is 32.2. The number of hydrogen-bond acceptors (Lipinski definition) is 7. The summed E-state index contributed by atoms with van der Waals surface area (Å²) in [5.41, 5.74) is 3.19. The summed E-state index contributed by atoms with van der Waals surface area (Å²) in [6.07, 6.45) is 9.29. The quantitative estimate of drug-likeness (QED) is 0.424. The molecule has 0 unspecified atom stereocenters. The van der Waals surface area contributed by atoms with Crippen LogP contribution in [0.15, 0.2) is 11.4 Å². The molecular weight excluding hydrogens is 432 g/mol. The van der Waals surface area contributed by atoms with Crippen LogP contribution in [-0.4, -0.2) is 21.6 Å². The molecule has 5 rings (SSSR count). The number of hydrogen-bond donors (Lipinski definition) is 1. The predicted octanol–water partition coefficient (Wildman–Crippen LogP) is 5.36. The number of aryl methyl sites for hydroxylation is 2. The van der Waals surface area contributed by atoms with Crippen LogP contribution in [0.25, 0.3) is 10.2 Å². The van der Waals surface area contributed by atoms with Crippen molar-refractivity contribution < 1.29 is 4.79 Å². The van der Waals surface area contributed by atoms with Gasteiger partial charge < -0.3 is 5.32 Å². The Kier molecular flexibility index (Phi) is 5.52. The van der Waals surface area contributed by atoms with Gasteiger partial charge in [-0.15, -0.1) is 22.7 Å². The molecule has 1 N–H and O–H groups in total. The van der Waals surface area contributed by atoms with Crippen LogP contribution in [0, 0.1) is 17.2 Å². The Labute approximate surface area is 187 Å². The lowest BCUT2D eigenvalue weighted by atomic mass is 9.89. The fourth-order valence-corrected chi connectivity index (χ4v) is 7.92. The van der Waals surface area contributed by atoms with Gasteiger partial charge in [-0.05, 0) is 62.0 Å². The monoisotopic (exact) mass is 454 g/mol.